The lowest BCUT2D eigenvalue weighted by Crippen LogP contribution is -2.33. The zero-order valence-corrected chi connectivity index (χ0v) is 17.8. The molecule has 3 aromatic rings. The molecule has 0 fully saturated rings. The number of rotatable bonds is 9. The number of ether oxygens (including phenoxy) is 1. The Balaban J connectivity index is 1.96. The van der Waals surface area contributed by atoms with Gasteiger partial charge in [0.15, 0.2) is 5.65 Å². The lowest BCUT2D eigenvalue weighted by Gasteiger charge is -2.24. The van der Waals surface area contributed by atoms with Gasteiger partial charge in [0.25, 0.3) is 5.91 Å². The van der Waals surface area contributed by atoms with E-state index < -0.39 is 0 Å². The fourth-order valence-electron chi connectivity index (χ4n) is 3.41. The summed E-state index contributed by atoms with van der Waals surface area (Å²) in [6, 6.07) is 11.3. The lowest BCUT2D eigenvalue weighted by molar-refractivity contribution is 0.0726. The summed E-state index contributed by atoms with van der Waals surface area (Å²) in [7, 11) is 1.59. The molecule has 154 valence electrons. The zero-order valence-electron chi connectivity index (χ0n) is 17.8. The van der Waals surface area contributed by atoms with Crippen molar-refractivity contribution < 1.29 is 9.53 Å². The van der Waals surface area contributed by atoms with E-state index in [2.05, 4.69) is 30.3 Å². The zero-order chi connectivity index (χ0) is 20.8. The van der Waals surface area contributed by atoms with Crippen molar-refractivity contribution in [3.8, 4) is 5.75 Å². The highest BCUT2D eigenvalue weighted by Crippen LogP contribution is 2.22. The minimum atomic E-state index is -0.0360. The van der Waals surface area contributed by atoms with E-state index in [0.717, 1.165) is 36.4 Å². The van der Waals surface area contributed by atoms with Crippen molar-refractivity contribution in [3.05, 3.63) is 54.0 Å². The van der Waals surface area contributed by atoms with Crippen molar-refractivity contribution in [1.82, 2.24) is 19.4 Å². The van der Waals surface area contributed by atoms with Crippen LogP contribution in [0.2, 0.25) is 0 Å². The van der Waals surface area contributed by atoms with Crippen LogP contribution >= 0.6 is 0 Å². The third-order valence-corrected chi connectivity index (χ3v) is 4.96. The van der Waals surface area contributed by atoms with Gasteiger partial charge in [-0.1, -0.05) is 32.9 Å². The lowest BCUT2D eigenvalue weighted by atomic mass is 10.1. The maximum absolute atomic E-state index is 13.4. The molecule has 0 N–H and O–H groups in total. The molecule has 0 aliphatic heterocycles. The van der Waals surface area contributed by atoms with E-state index in [1.807, 2.05) is 41.3 Å². The monoisotopic (exact) mass is 394 g/mol. The van der Waals surface area contributed by atoms with Crippen molar-refractivity contribution in [2.24, 2.45) is 5.92 Å². The minimum absolute atomic E-state index is 0.0360. The number of hydrogen-bond acceptors (Lipinski definition) is 4. The Morgan fingerprint density at radius 2 is 2.00 bits per heavy atom. The van der Waals surface area contributed by atoms with Crippen molar-refractivity contribution in [3.63, 3.8) is 0 Å². The van der Waals surface area contributed by atoms with Crippen molar-refractivity contribution >= 4 is 17.1 Å². The van der Waals surface area contributed by atoms with Crippen molar-refractivity contribution in [1.29, 1.82) is 0 Å². The number of aryl methyl sites for hydroxylation is 1. The fourth-order valence-corrected chi connectivity index (χ4v) is 3.41. The fraction of sp³-hybridized carbons (Fsp3) is 0.435. The first kappa shape index (κ1) is 20.8. The van der Waals surface area contributed by atoms with E-state index in [1.165, 1.54) is 0 Å². The Morgan fingerprint density at radius 3 is 2.72 bits per heavy atom. The van der Waals surface area contributed by atoms with E-state index in [1.54, 1.807) is 13.3 Å². The summed E-state index contributed by atoms with van der Waals surface area (Å²) in [6.45, 7) is 8.40. The third-order valence-electron chi connectivity index (χ3n) is 4.96. The number of aromatic nitrogens is 3. The minimum Gasteiger partial charge on any atom is -0.496 e. The van der Waals surface area contributed by atoms with E-state index in [0.29, 0.717) is 30.3 Å². The number of hydrogen-bond donors (Lipinski definition) is 0. The van der Waals surface area contributed by atoms with Gasteiger partial charge in [-0.3, -0.25) is 4.79 Å². The average molecular weight is 395 g/mol. The Bertz CT molecular complexity index is 964. The maximum Gasteiger partial charge on any atom is 0.258 e. The molecular weight excluding hydrogens is 364 g/mol. The topological polar surface area (TPSA) is 60.2 Å². The molecule has 3 rings (SSSR count). The van der Waals surface area contributed by atoms with Crippen LogP contribution in [0, 0.1) is 5.92 Å². The SMILES string of the molecule is CCCn1c(CN(CCC(C)C)C(=O)c2ccccc2OC)nc2cccnc21. The van der Waals surface area contributed by atoms with Crippen LogP contribution in [0.5, 0.6) is 5.75 Å². The summed E-state index contributed by atoms with van der Waals surface area (Å²) in [5, 5.41) is 0. The van der Waals surface area contributed by atoms with Gasteiger partial charge >= 0.3 is 0 Å². The molecule has 29 heavy (non-hydrogen) atoms. The summed E-state index contributed by atoms with van der Waals surface area (Å²) in [5.74, 6) is 1.92. The predicted octanol–water partition coefficient (Wildman–Crippen LogP) is 4.54. The number of nitrogens with zero attached hydrogens (tertiary/aromatic N) is 4. The molecule has 1 amide bonds. The predicted molar refractivity (Wildman–Crippen MR) is 115 cm³/mol. The first-order valence-corrected chi connectivity index (χ1v) is 10.3. The van der Waals surface area contributed by atoms with Crippen molar-refractivity contribution in [2.75, 3.05) is 13.7 Å². The number of imidazole rings is 1. The standard InChI is InChI=1S/C23H30N4O2/c1-5-14-27-21(25-19-10-8-13-24-22(19)27)16-26(15-12-17(2)3)23(28)18-9-6-7-11-20(18)29-4/h6-11,13,17H,5,12,14-16H2,1-4H3. The normalized spacial score (nSPS) is 11.2. The molecule has 0 spiro atoms. The molecule has 0 aliphatic rings. The number of amides is 1. The maximum atomic E-state index is 13.4. The smallest absolute Gasteiger partial charge is 0.258 e. The number of para-hydroxylation sites is 1. The molecule has 6 nitrogen and oxygen atoms in total. The van der Waals surface area contributed by atoms with Gasteiger partial charge in [-0.15, -0.1) is 0 Å². The molecule has 0 unspecified atom stereocenters. The molecule has 2 aromatic heterocycles. The first-order valence-electron chi connectivity index (χ1n) is 10.3. The highest BCUT2D eigenvalue weighted by molar-refractivity contribution is 5.96. The van der Waals surface area contributed by atoms with Gasteiger partial charge in [-0.25, -0.2) is 9.97 Å². The first-order chi connectivity index (χ1) is 14.0. The number of fused-ring (bicyclic) bond motifs is 1. The molecule has 0 radical (unpaired) electrons. The van der Waals surface area contributed by atoms with Crippen molar-refractivity contribution in [2.45, 2.75) is 46.7 Å². The Labute approximate surface area is 172 Å². The van der Waals surface area contributed by atoms with E-state index in [-0.39, 0.29) is 5.91 Å². The molecule has 0 bridgehead atoms. The number of carbonyl (C=O) groups is 1. The number of methoxy groups -OCH3 is 1. The van der Waals surface area contributed by atoms with Gasteiger partial charge in [0.05, 0.1) is 19.2 Å². The van der Waals surface area contributed by atoms with Crippen LogP contribution < -0.4 is 4.74 Å². The molecular formula is C23H30N4O2. The van der Waals surface area contributed by atoms with Crippen LogP contribution in [0.4, 0.5) is 0 Å². The van der Waals surface area contributed by atoms with Gasteiger partial charge < -0.3 is 14.2 Å². The summed E-state index contributed by atoms with van der Waals surface area (Å²) >= 11 is 0. The van der Waals surface area contributed by atoms with E-state index >= 15 is 0 Å². The Morgan fingerprint density at radius 1 is 1.21 bits per heavy atom. The third kappa shape index (κ3) is 4.75. The van der Waals surface area contributed by atoms with Crippen LogP contribution in [-0.4, -0.2) is 39.0 Å². The number of pyridine rings is 1. The highest BCUT2D eigenvalue weighted by atomic mass is 16.5. The Kier molecular flexibility index (Phi) is 6.86. The molecule has 0 atom stereocenters. The second kappa shape index (κ2) is 9.54. The quantitative estimate of drug-likeness (QED) is 0.535. The molecule has 0 saturated carbocycles. The molecule has 2 heterocycles. The van der Waals surface area contributed by atoms with E-state index in [9.17, 15) is 4.79 Å². The molecule has 6 heteroatoms. The van der Waals surface area contributed by atoms with Crippen LogP contribution in [0.1, 0.15) is 49.8 Å². The molecule has 1 aromatic carbocycles. The second-order valence-corrected chi connectivity index (χ2v) is 7.64. The van der Waals surface area contributed by atoms with Gasteiger partial charge in [0.2, 0.25) is 0 Å². The molecule has 0 aliphatic carbocycles. The van der Waals surface area contributed by atoms with E-state index in [4.69, 9.17) is 9.72 Å². The van der Waals surface area contributed by atoms with Gasteiger partial charge in [0, 0.05) is 19.3 Å². The second-order valence-electron chi connectivity index (χ2n) is 7.64. The Hall–Kier alpha value is -2.89. The number of benzene rings is 1. The summed E-state index contributed by atoms with van der Waals surface area (Å²) < 4.78 is 7.56. The summed E-state index contributed by atoms with van der Waals surface area (Å²) in [5.41, 5.74) is 2.32. The van der Waals surface area contributed by atoms with Crippen LogP contribution in [0.3, 0.4) is 0 Å². The van der Waals surface area contributed by atoms with Crippen LogP contribution in [-0.2, 0) is 13.1 Å². The summed E-state index contributed by atoms with van der Waals surface area (Å²) in [6.07, 6.45) is 3.69. The highest BCUT2D eigenvalue weighted by Gasteiger charge is 2.22. The largest absolute Gasteiger partial charge is 0.496 e. The van der Waals surface area contributed by atoms with Gasteiger partial charge in [-0.2, -0.15) is 0 Å². The van der Waals surface area contributed by atoms with Crippen LogP contribution in [0.25, 0.3) is 11.2 Å². The van der Waals surface area contributed by atoms with Crippen LogP contribution in [0.15, 0.2) is 42.6 Å². The average Bonchev–Trinajstić information content (AvgIpc) is 3.08. The molecule has 0 saturated heterocycles. The number of carbonyl (C=O) groups excluding carboxylic acids is 1. The van der Waals surface area contributed by atoms with Gasteiger partial charge in [0.1, 0.15) is 17.1 Å². The van der Waals surface area contributed by atoms with Gasteiger partial charge in [-0.05, 0) is 43.0 Å². The summed E-state index contributed by atoms with van der Waals surface area (Å²) in [4.78, 5) is 24.6.